The van der Waals surface area contributed by atoms with E-state index < -0.39 is 0 Å². The molecule has 1 radical (unpaired) electrons. The van der Waals surface area contributed by atoms with E-state index >= 15 is 0 Å². The van der Waals surface area contributed by atoms with E-state index in [0.717, 1.165) is 6.42 Å². The number of carbonyl (C=O) groups excluding carboxylic acids is 1. The summed E-state index contributed by atoms with van der Waals surface area (Å²) in [6.45, 7) is 0.592. The van der Waals surface area contributed by atoms with E-state index in [2.05, 4.69) is 0 Å². The van der Waals surface area contributed by atoms with E-state index in [0.29, 0.717) is 13.0 Å². The third-order valence-corrected chi connectivity index (χ3v) is 0.483. The van der Waals surface area contributed by atoms with Crippen molar-refractivity contribution in [2.45, 2.75) is 12.8 Å². The van der Waals surface area contributed by atoms with Gasteiger partial charge in [-0.05, 0) is 13.0 Å². The second kappa shape index (κ2) is 4.63. The normalized spacial score (nSPS) is 8.17. The van der Waals surface area contributed by atoms with Crippen LogP contribution in [0.15, 0.2) is 0 Å². The van der Waals surface area contributed by atoms with Crippen molar-refractivity contribution in [2.75, 3.05) is 6.54 Å². The molecular weight excluding hydrogens is 78.0 g/mol. The minimum atomic E-state index is 0.483. The summed E-state index contributed by atoms with van der Waals surface area (Å²) in [6.07, 6.45) is 2.99. The van der Waals surface area contributed by atoms with E-state index in [1.54, 1.807) is 6.29 Å². The Morgan fingerprint density at radius 2 is 2.33 bits per heavy atom. The largest absolute Gasteiger partial charge is 0.330 e. The minimum Gasteiger partial charge on any atom is -0.330 e. The molecule has 0 aromatic carbocycles. The van der Waals surface area contributed by atoms with Gasteiger partial charge in [0.05, 0.1) is 0 Å². The summed E-state index contributed by atoms with van der Waals surface area (Å²) in [5.41, 5.74) is 5.04. The third kappa shape index (κ3) is 3.63. The summed E-state index contributed by atoms with van der Waals surface area (Å²) in [5, 5.41) is 0. The monoisotopic (exact) mass is 86.1 g/mol. The molecule has 0 fully saturated rings. The molecule has 2 nitrogen and oxygen atoms in total. The molecule has 2 heteroatoms. The molecule has 2 N–H and O–H groups in total. The Kier molecular flexibility index (Phi) is 4.34. The summed E-state index contributed by atoms with van der Waals surface area (Å²) in [4.78, 5) is 9.38. The predicted octanol–water partition coefficient (Wildman–Crippen LogP) is -0.165. The fourth-order valence-corrected chi connectivity index (χ4v) is 0.174. The van der Waals surface area contributed by atoms with Gasteiger partial charge in [-0.25, -0.2) is 0 Å². The van der Waals surface area contributed by atoms with Crippen molar-refractivity contribution in [3.8, 4) is 0 Å². The molecule has 0 aliphatic carbocycles. The smallest absolute Gasteiger partial charge is 0.198 e. The zero-order valence-corrected chi connectivity index (χ0v) is 3.61. The zero-order valence-electron chi connectivity index (χ0n) is 3.61. The van der Waals surface area contributed by atoms with Gasteiger partial charge in [0.15, 0.2) is 6.29 Å². The Morgan fingerprint density at radius 1 is 1.67 bits per heavy atom. The Hall–Kier alpha value is -0.370. The maximum Gasteiger partial charge on any atom is 0.198 e. The van der Waals surface area contributed by atoms with Crippen LogP contribution < -0.4 is 5.73 Å². The molecule has 0 spiro atoms. The van der Waals surface area contributed by atoms with Crippen LogP contribution in [-0.4, -0.2) is 12.8 Å². The highest BCUT2D eigenvalue weighted by molar-refractivity contribution is 5.50. The van der Waals surface area contributed by atoms with Gasteiger partial charge in [-0.15, -0.1) is 0 Å². The van der Waals surface area contributed by atoms with Crippen LogP contribution in [-0.2, 0) is 4.79 Å². The van der Waals surface area contributed by atoms with Gasteiger partial charge in [0.25, 0.3) is 0 Å². The van der Waals surface area contributed by atoms with Crippen LogP contribution in [0.25, 0.3) is 0 Å². The average Bonchev–Trinajstić information content (AvgIpc) is 1.61. The molecule has 0 heterocycles. The highest BCUT2D eigenvalue weighted by Gasteiger charge is 1.76. The Morgan fingerprint density at radius 3 is 2.50 bits per heavy atom. The van der Waals surface area contributed by atoms with Crippen molar-refractivity contribution in [1.82, 2.24) is 0 Å². The van der Waals surface area contributed by atoms with Gasteiger partial charge >= 0.3 is 0 Å². The quantitative estimate of drug-likeness (QED) is 0.485. The zero-order chi connectivity index (χ0) is 4.83. The Bertz CT molecular complexity index is 36.5. The lowest BCUT2D eigenvalue weighted by Crippen LogP contribution is -1.97. The highest BCUT2D eigenvalue weighted by atomic mass is 16.1. The first kappa shape index (κ1) is 5.63. The number of nitrogens with two attached hydrogens (primary N) is 1. The molecule has 0 saturated carbocycles. The summed E-state index contributed by atoms with van der Waals surface area (Å²) >= 11 is 0. The molecule has 6 heavy (non-hydrogen) atoms. The van der Waals surface area contributed by atoms with Gasteiger partial charge in [-0.2, -0.15) is 0 Å². The number of rotatable bonds is 3. The van der Waals surface area contributed by atoms with Crippen LogP contribution in [0.3, 0.4) is 0 Å². The Balaban J connectivity index is 2.49. The number of hydrogen-bond donors (Lipinski definition) is 1. The van der Waals surface area contributed by atoms with Crippen molar-refractivity contribution in [2.24, 2.45) is 5.73 Å². The van der Waals surface area contributed by atoms with Crippen LogP contribution >= 0.6 is 0 Å². The van der Waals surface area contributed by atoms with Crippen LogP contribution in [0.1, 0.15) is 12.8 Å². The number of unbranched alkanes of at least 4 members (excludes halogenated alkanes) is 1. The highest BCUT2D eigenvalue weighted by Crippen LogP contribution is 1.75. The topological polar surface area (TPSA) is 43.1 Å². The summed E-state index contributed by atoms with van der Waals surface area (Å²) < 4.78 is 0. The summed E-state index contributed by atoms with van der Waals surface area (Å²) in [6, 6.07) is 0. The van der Waals surface area contributed by atoms with Crippen molar-refractivity contribution in [1.29, 1.82) is 0 Å². The number of hydrogen-bond acceptors (Lipinski definition) is 2. The van der Waals surface area contributed by atoms with E-state index in [-0.39, 0.29) is 0 Å². The fourth-order valence-electron chi connectivity index (χ4n) is 0.174. The SMILES string of the molecule is NCCC[C]=O. The maximum absolute atomic E-state index is 9.38. The molecular formula is C4H8NO. The first-order valence-corrected chi connectivity index (χ1v) is 1.97. The molecule has 0 rings (SSSR count). The predicted molar refractivity (Wildman–Crippen MR) is 24.0 cm³/mol. The van der Waals surface area contributed by atoms with Crippen molar-refractivity contribution >= 4 is 6.29 Å². The second-order valence-corrected chi connectivity index (χ2v) is 1.04. The van der Waals surface area contributed by atoms with Gasteiger partial charge in [-0.3, -0.25) is 4.79 Å². The van der Waals surface area contributed by atoms with E-state index in [1.807, 2.05) is 0 Å². The standard InChI is InChI=1S/C4H8NO/c5-3-1-2-4-6/h1-3,5H2. The summed E-state index contributed by atoms with van der Waals surface area (Å²) in [7, 11) is 0. The van der Waals surface area contributed by atoms with Crippen molar-refractivity contribution < 1.29 is 4.79 Å². The van der Waals surface area contributed by atoms with E-state index in [9.17, 15) is 4.79 Å². The minimum absolute atomic E-state index is 0.483. The van der Waals surface area contributed by atoms with Crippen LogP contribution in [0.2, 0.25) is 0 Å². The van der Waals surface area contributed by atoms with Gasteiger partial charge in [0, 0.05) is 6.42 Å². The molecule has 0 unspecified atom stereocenters. The Labute approximate surface area is 37.3 Å². The lowest BCUT2D eigenvalue weighted by molar-refractivity contribution is 0.549. The van der Waals surface area contributed by atoms with Crippen molar-refractivity contribution in [3.63, 3.8) is 0 Å². The molecule has 0 bridgehead atoms. The molecule has 0 aromatic rings. The van der Waals surface area contributed by atoms with E-state index in [4.69, 9.17) is 5.73 Å². The van der Waals surface area contributed by atoms with Crippen LogP contribution in [0, 0.1) is 0 Å². The second-order valence-electron chi connectivity index (χ2n) is 1.04. The first-order valence-electron chi connectivity index (χ1n) is 1.97. The van der Waals surface area contributed by atoms with Gasteiger partial charge in [0.1, 0.15) is 0 Å². The summed E-state index contributed by atoms with van der Waals surface area (Å²) in [5.74, 6) is 0. The molecule has 0 aromatic heterocycles. The fraction of sp³-hybridized carbons (Fsp3) is 0.750. The molecule has 0 aliphatic rings. The van der Waals surface area contributed by atoms with Crippen molar-refractivity contribution in [3.05, 3.63) is 0 Å². The molecule has 0 atom stereocenters. The van der Waals surface area contributed by atoms with Gasteiger partial charge in [-0.1, -0.05) is 0 Å². The van der Waals surface area contributed by atoms with Gasteiger partial charge < -0.3 is 5.73 Å². The third-order valence-electron chi connectivity index (χ3n) is 0.483. The maximum atomic E-state index is 9.38. The molecule has 0 aliphatic heterocycles. The molecule has 35 valence electrons. The molecule has 0 amide bonds. The van der Waals surface area contributed by atoms with E-state index in [1.165, 1.54) is 0 Å². The van der Waals surface area contributed by atoms with Crippen LogP contribution in [0.5, 0.6) is 0 Å². The first-order chi connectivity index (χ1) is 2.91. The lowest BCUT2D eigenvalue weighted by Gasteiger charge is -1.79. The van der Waals surface area contributed by atoms with Crippen LogP contribution in [0.4, 0.5) is 0 Å². The lowest BCUT2D eigenvalue weighted by atomic mass is 10.3. The average molecular weight is 86.1 g/mol. The van der Waals surface area contributed by atoms with Gasteiger partial charge in [0.2, 0.25) is 0 Å². The molecule has 0 saturated heterocycles.